The number of aromatic nitrogens is 2. The third kappa shape index (κ3) is 2.29. The van der Waals surface area contributed by atoms with Gasteiger partial charge < -0.3 is 15.2 Å². The van der Waals surface area contributed by atoms with E-state index in [1.54, 1.807) is 24.3 Å². The van der Waals surface area contributed by atoms with Crippen LogP contribution in [-0.2, 0) is 19.7 Å². The summed E-state index contributed by atoms with van der Waals surface area (Å²) in [6.07, 6.45) is 0. The number of methoxy groups -OCH3 is 1. The molecule has 29 heavy (non-hydrogen) atoms. The van der Waals surface area contributed by atoms with Crippen molar-refractivity contribution < 1.29 is 19.1 Å². The normalized spacial score (nSPS) is 19.8. The second-order valence-corrected chi connectivity index (χ2v) is 7.16. The van der Waals surface area contributed by atoms with Gasteiger partial charge in [0.05, 0.1) is 12.7 Å². The SMILES string of the molecule is COC(=O)CN1C(=O)[C@@]2(C(C#N)=C(N)Oc3n[nH]c(C(C)C)c32)c2ccccc21. The maximum atomic E-state index is 13.9. The van der Waals surface area contributed by atoms with Crippen LogP contribution in [0, 0.1) is 11.3 Å². The quantitative estimate of drug-likeness (QED) is 0.753. The van der Waals surface area contributed by atoms with Gasteiger partial charge in [0.15, 0.2) is 0 Å². The van der Waals surface area contributed by atoms with Crippen LogP contribution < -0.4 is 15.4 Å². The number of carbonyl (C=O) groups excluding carboxylic acids is 2. The Balaban J connectivity index is 2.09. The number of carbonyl (C=O) groups is 2. The molecule has 2 aromatic rings. The highest BCUT2D eigenvalue weighted by Crippen LogP contribution is 2.56. The number of nitrogens with zero attached hydrogens (tertiary/aromatic N) is 3. The molecule has 148 valence electrons. The third-order valence-electron chi connectivity index (χ3n) is 5.33. The number of hydrogen-bond donors (Lipinski definition) is 2. The number of nitriles is 1. The lowest BCUT2D eigenvalue weighted by Crippen LogP contribution is -2.47. The van der Waals surface area contributed by atoms with Gasteiger partial charge in [0.2, 0.25) is 17.7 Å². The first kappa shape index (κ1) is 18.6. The number of rotatable bonds is 3. The Morgan fingerprint density at radius 2 is 2.17 bits per heavy atom. The van der Waals surface area contributed by atoms with E-state index in [-0.39, 0.29) is 29.8 Å². The molecule has 3 N–H and O–H groups in total. The van der Waals surface area contributed by atoms with Crippen LogP contribution >= 0.6 is 0 Å². The van der Waals surface area contributed by atoms with Crippen LogP contribution in [0.2, 0.25) is 0 Å². The molecule has 0 saturated heterocycles. The van der Waals surface area contributed by atoms with Crippen LogP contribution in [0.5, 0.6) is 5.88 Å². The molecule has 0 fully saturated rings. The second-order valence-electron chi connectivity index (χ2n) is 7.16. The first-order valence-corrected chi connectivity index (χ1v) is 9.03. The molecule has 9 heteroatoms. The first-order chi connectivity index (χ1) is 13.9. The van der Waals surface area contributed by atoms with Crippen LogP contribution in [-0.4, -0.2) is 35.7 Å². The van der Waals surface area contributed by atoms with E-state index < -0.39 is 17.3 Å². The van der Waals surface area contributed by atoms with E-state index in [2.05, 4.69) is 16.3 Å². The van der Waals surface area contributed by atoms with Crippen molar-refractivity contribution in [2.24, 2.45) is 5.73 Å². The van der Waals surface area contributed by atoms with Crippen LogP contribution in [0.15, 0.2) is 35.7 Å². The molecule has 1 aromatic carbocycles. The minimum absolute atomic E-state index is 0.0295. The average Bonchev–Trinajstić information content (AvgIpc) is 3.22. The van der Waals surface area contributed by atoms with Crippen molar-refractivity contribution in [3.05, 3.63) is 52.5 Å². The third-order valence-corrected chi connectivity index (χ3v) is 5.33. The predicted molar refractivity (Wildman–Crippen MR) is 102 cm³/mol. The Hall–Kier alpha value is -3.80. The summed E-state index contributed by atoms with van der Waals surface area (Å²) in [4.78, 5) is 27.3. The summed E-state index contributed by atoms with van der Waals surface area (Å²) in [5.74, 6) is -1.14. The van der Waals surface area contributed by atoms with E-state index >= 15 is 0 Å². The zero-order chi connectivity index (χ0) is 20.9. The van der Waals surface area contributed by atoms with Crippen molar-refractivity contribution in [2.45, 2.75) is 25.2 Å². The monoisotopic (exact) mass is 393 g/mol. The molecular weight excluding hydrogens is 374 g/mol. The van der Waals surface area contributed by atoms with Crippen LogP contribution in [0.1, 0.15) is 36.6 Å². The van der Waals surface area contributed by atoms with Crippen molar-refractivity contribution in [3.63, 3.8) is 0 Å². The summed E-state index contributed by atoms with van der Waals surface area (Å²) in [6.45, 7) is 3.58. The second kappa shape index (κ2) is 6.38. The Labute approximate surface area is 166 Å². The molecule has 1 spiro atoms. The van der Waals surface area contributed by atoms with Gasteiger partial charge in [-0.25, -0.2) is 0 Å². The summed E-state index contributed by atoms with van der Waals surface area (Å²) in [6, 6.07) is 9.07. The smallest absolute Gasteiger partial charge is 0.325 e. The zero-order valence-electron chi connectivity index (χ0n) is 16.1. The summed E-state index contributed by atoms with van der Waals surface area (Å²) < 4.78 is 10.3. The summed E-state index contributed by atoms with van der Waals surface area (Å²) >= 11 is 0. The van der Waals surface area contributed by atoms with Crippen molar-refractivity contribution >= 4 is 17.6 Å². The fourth-order valence-electron chi connectivity index (χ4n) is 4.08. The largest absolute Gasteiger partial charge is 0.468 e. The first-order valence-electron chi connectivity index (χ1n) is 9.03. The van der Waals surface area contributed by atoms with Gasteiger partial charge in [-0.1, -0.05) is 32.0 Å². The van der Waals surface area contributed by atoms with E-state index in [1.165, 1.54) is 12.0 Å². The van der Waals surface area contributed by atoms with Crippen molar-refractivity contribution in [1.82, 2.24) is 10.2 Å². The standard InChI is InChI=1S/C20H19N5O4/c1-10(2)16-15-18(24-23-16)29-17(22)12(8-21)20(15)11-6-4-5-7-13(11)25(19(20)27)9-14(26)28-3/h4-7,10H,9,22H2,1-3H3,(H,23,24)/t20-/m1/s1. The van der Waals surface area contributed by atoms with Gasteiger partial charge >= 0.3 is 5.97 Å². The van der Waals surface area contributed by atoms with Crippen LogP contribution in [0.4, 0.5) is 5.69 Å². The number of para-hydroxylation sites is 1. The number of hydrogen-bond acceptors (Lipinski definition) is 7. The number of H-pyrrole nitrogens is 1. The number of nitrogens with one attached hydrogen (secondary N) is 1. The molecule has 1 amide bonds. The molecule has 2 aliphatic heterocycles. The molecule has 0 aliphatic carbocycles. The number of anilines is 1. The van der Waals surface area contributed by atoms with Crippen molar-refractivity contribution in [3.8, 4) is 11.9 Å². The molecular formula is C20H19N5O4. The molecule has 0 unspecified atom stereocenters. The number of amides is 1. The summed E-state index contributed by atoms with van der Waals surface area (Å²) in [5, 5.41) is 17.1. The lowest BCUT2D eigenvalue weighted by atomic mass is 9.68. The van der Waals surface area contributed by atoms with Gasteiger partial charge in [-0.15, -0.1) is 5.10 Å². The van der Waals surface area contributed by atoms with Gasteiger partial charge in [0, 0.05) is 16.9 Å². The molecule has 1 aromatic heterocycles. The number of esters is 1. The van der Waals surface area contributed by atoms with Crippen molar-refractivity contribution in [1.29, 1.82) is 5.26 Å². The molecule has 4 rings (SSSR count). The van der Waals surface area contributed by atoms with Gasteiger partial charge in [0.1, 0.15) is 23.6 Å². The van der Waals surface area contributed by atoms with E-state index in [1.807, 2.05) is 13.8 Å². The van der Waals surface area contributed by atoms with Gasteiger partial charge in [-0.2, -0.15) is 5.26 Å². The number of ether oxygens (including phenoxy) is 2. The highest BCUT2D eigenvalue weighted by Gasteiger charge is 2.61. The number of aromatic amines is 1. The maximum Gasteiger partial charge on any atom is 0.325 e. The van der Waals surface area contributed by atoms with E-state index in [9.17, 15) is 14.9 Å². The number of fused-ring (bicyclic) bond motifs is 4. The molecule has 2 aliphatic rings. The lowest BCUT2D eigenvalue weighted by Gasteiger charge is -2.33. The number of benzene rings is 1. The average molecular weight is 393 g/mol. The zero-order valence-corrected chi connectivity index (χ0v) is 16.1. The maximum absolute atomic E-state index is 13.9. The molecule has 0 bridgehead atoms. The van der Waals surface area contributed by atoms with Gasteiger partial charge in [-0.05, 0) is 12.0 Å². The highest BCUT2D eigenvalue weighted by atomic mass is 16.5. The predicted octanol–water partition coefficient (Wildman–Crippen LogP) is 1.43. The fourth-order valence-corrected chi connectivity index (χ4v) is 4.08. The molecule has 0 saturated carbocycles. The fraction of sp³-hybridized carbons (Fsp3) is 0.300. The van der Waals surface area contributed by atoms with Crippen molar-refractivity contribution in [2.75, 3.05) is 18.6 Å². The Morgan fingerprint density at radius 3 is 2.83 bits per heavy atom. The molecule has 9 nitrogen and oxygen atoms in total. The van der Waals surface area contributed by atoms with E-state index in [0.29, 0.717) is 22.5 Å². The molecule has 3 heterocycles. The minimum Gasteiger partial charge on any atom is -0.468 e. The van der Waals surface area contributed by atoms with Crippen LogP contribution in [0.25, 0.3) is 0 Å². The highest BCUT2D eigenvalue weighted by molar-refractivity contribution is 6.15. The van der Waals surface area contributed by atoms with Gasteiger partial charge in [-0.3, -0.25) is 19.6 Å². The van der Waals surface area contributed by atoms with Gasteiger partial charge in [0.25, 0.3) is 0 Å². The Morgan fingerprint density at radius 1 is 1.45 bits per heavy atom. The minimum atomic E-state index is -1.55. The Kier molecular flexibility index (Phi) is 4.08. The summed E-state index contributed by atoms with van der Waals surface area (Å²) in [7, 11) is 1.25. The topological polar surface area (TPSA) is 134 Å². The lowest BCUT2D eigenvalue weighted by molar-refractivity contribution is -0.140. The van der Waals surface area contributed by atoms with E-state index in [0.717, 1.165) is 0 Å². The molecule has 1 atom stereocenters. The van der Waals surface area contributed by atoms with Crippen LogP contribution in [0.3, 0.4) is 0 Å². The number of nitrogens with two attached hydrogens (primary N) is 1. The van der Waals surface area contributed by atoms with E-state index in [4.69, 9.17) is 15.2 Å². The molecule has 0 radical (unpaired) electrons. The Bertz CT molecular complexity index is 1110. The summed E-state index contributed by atoms with van der Waals surface area (Å²) in [5.41, 5.74) is 6.63.